The molecule has 0 radical (unpaired) electrons. The molecule has 102 valence electrons. The van der Waals surface area contributed by atoms with Gasteiger partial charge in [-0.05, 0) is 12.8 Å². The van der Waals surface area contributed by atoms with Crippen LogP contribution in [-0.4, -0.2) is 35.5 Å². The van der Waals surface area contributed by atoms with Crippen molar-refractivity contribution in [1.82, 2.24) is 0 Å². The normalized spacial score (nSPS) is 13.7. The lowest BCUT2D eigenvalue weighted by Gasteiger charge is -2.12. The Kier molecular flexibility index (Phi) is 6.76. The van der Waals surface area contributed by atoms with Crippen LogP contribution < -0.4 is 22.9 Å². The molecule has 0 aromatic carbocycles. The summed E-state index contributed by atoms with van der Waals surface area (Å²) in [5.74, 6) is -2.95. The molecule has 0 aromatic heterocycles. The van der Waals surface area contributed by atoms with E-state index in [0.29, 0.717) is 0 Å². The molecule has 0 spiro atoms. The topological polar surface area (TPSA) is 172 Å². The summed E-state index contributed by atoms with van der Waals surface area (Å²) in [5.41, 5.74) is 20.7. The zero-order valence-electron chi connectivity index (χ0n) is 9.93. The van der Waals surface area contributed by atoms with Gasteiger partial charge in [0.2, 0.25) is 23.4 Å². The Labute approximate surface area is 104 Å². The Balaban J connectivity index is 4.26. The van der Waals surface area contributed by atoms with E-state index in [0.717, 1.165) is 0 Å². The van der Waals surface area contributed by atoms with E-state index in [9.17, 15) is 19.2 Å². The highest BCUT2D eigenvalue weighted by molar-refractivity contribution is 6.40. The molecule has 0 aliphatic rings. The van der Waals surface area contributed by atoms with E-state index in [2.05, 4.69) is 0 Å². The molecule has 8 nitrogen and oxygen atoms in total. The molecule has 8 N–H and O–H groups in total. The van der Waals surface area contributed by atoms with E-state index in [4.69, 9.17) is 22.9 Å². The number of ketones is 2. The molecular formula is C10H18N4O4. The number of carbonyl (C=O) groups is 4. The molecule has 0 aliphatic heterocycles. The number of amides is 2. The van der Waals surface area contributed by atoms with Crippen LogP contribution in [0.15, 0.2) is 0 Å². The number of hydrogen-bond acceptors (Lipinski definition) is 6. The first-order valence-electron chi connectivity index (χ1n) is 5.41. The summed E-state index contributed by atoms with van der Waals surface area (Å²) in [6.07, 6.45) is -0.196. The summed E-state index contributed by atoms with van der Waals surface area (Å²) in [4.78, 5) is 44.0. The summed E-state index contributed by atoms with van der Waals surface area (Å²) in [6.45, 7) is 0. The minimum absolute atomic E-state index is 0.0115. The zero-order chi connectivity index (χ0) is 14.3. The highest BCUT2D eigenvalue weighted by Crippen LogP contribution is 2.01. The van der Waals surface area contributed by atoms with Crippen molar-refractivity contribution in [2.24, 2.45) is 22.9 Å². The van der Waals surface area contributed by atoms with E-state index < -0.39 is 35.5 Å². The first kappa shape index (κ1) is 16.2. The van der Waals surface area contributed by atoms with Gasteiger partial charge in [-0.1, -0.05) is 0 Å². The van der Waals surface area contributed by atoms with Gasteiger partial charge in [0.1, 0.15) is 0 Å². The predicted octanol–water partition coefficient (Wildman–Crippen LogP) is -2.69. The number of nitrogens with two attached hydrogens (primary N) is 4. The van der Waals surface area contributed by atoms with Gasteiger partial charge < -0.3 is 22.9 Å². The quantitative estimate of drug-likeness (QED) is 0.328. The summed E-state index contributed by atoms with van der Waals surface area (Å²) < 4.78 is 0. The van der Waals surface area contributed by atoms with Crippen LogP contribution >= 0.6 is 0 Å². The maximum atomic E-state index is 11.5. The maximum Gasteiger partial charge on any atom is 0.217 e. The molecular weight excluding hydrogens is 240 g/mol. The molecule has 0 fully saturated rings. The van der Waals surface area contributed by atoms with Gasteiger partial charge in [-0.3, -0.25) is 19.2 Å². The Morgan fingerprint density at radius 1 is 0.722 bits per heavy atom. The van der Waals surface area contributed by atoms with Gasteiger partial charge in [-0.25, -0.2) is 0 Å². The fourth-order valence-electron chi connectivity index (χ4n) is 1.22. The Bertz CT molecular complexity index is 322. The Morgan fingerprint density at radius 3 is 1.22 bits per heavy atom. The van der Waals surface area contributed by atoms with Crippen molar-refractivity contribution in [2.75, 3.05) is 0 Å². The van der Waals surface area contributed by atoms with Crippen molar-refractivity contribution in [3.63, 3.8) is 0 Å². The van der Waals surface area contributed by atoms with Crippen molar-refractivity contribution in [3.8, 4) is 0 Å². The van der Waals surface area contributed by atoms with Crippen LogP contribution in [0.25, 0.3) is 0 Å². The van der Waals surface area contributed by atoms with Crippen LogP contribution in [-0.2, 0) is 19.2 Å². The lowest BCUT2D eigenvalue weighted by Crippen LogP contribution is -2.45. The third-order valence-electron chi connectivity index (χ3n) is 2.32. The van der Waals surface area contributed by atoms with Crippen LogP contribution in [0.1, 0.15) is 25.7 Å². The lowest BCUT2D eigenvalue weighted by atomic mass is 9.97. The average Bonchev–Trinajstić information content (AvgIpc) is 2.30. The smallest absolute Gasteiger partial charge is 0.217 e. The van der Waals surface area contributed by atoms with Crippen molar-refractivity contribution in [3.05, 3.63) is 0 Å². The number of hydrogen-bond donors (Lipinski definition) is 4. The molecule has 0 aromatic rings. The highest BCUT2D eigenvalue weighted by atomic mass is 16.2. The van der Waals surface area contributed by atoms with Gasteiger partial charge in [-0.2, -0.15) is 0 Å². The molecule has 0 unspecified atom stereocenters. The van der Waals surface area contributed by atoms with Gasteiger partial charge in [0.25, 0.3) is 0 Å². The molecule has 0 heterocycles. The second kappa shape index (κ2) is 7.51. The molecule has 0 bridgehead atoms. The summed E-state index contributed by atoms with van der Waals surface area (Å²) in [6, 6.07) is -2.21. The third kappa shape index (κ3) is 6.06. The monoisotopic (exact) mass is 258 g/mol. The minimum atomic E-state index is -1.11. The average molecular weight is 258 g/mol. The molecule has 0 saturated carbocycles. The molecule has 2 amide bonds. The van der Waals surface area contributed by atoms with Gasteiger partial charge >= 0.3 is 0 Å². The van der Waals surface area contributed by atoms with Crippen molar-refractivity contribution in [2.45, 2.75) is 37.8 Å². The maximum absolute atomic E-state index is 11.5. The molecule has 0 rings (SSSR count). The first-order valence-corrected chi connectivity index (χ1v) is 5.41. The number of carbonyl (C=O) groups excluding carboxylic acids is 4. The molecule has 2 atom stereocenters. The van der Waals surface area contributed by atoms with Gasteiger partial charge in [0, 0.05) is 12.8 Å². The Morgan fingerprint density at radius 2 is 1.00 bits per heavy atom. The summed E-state index contributed by atoms with van der Waals surface area (Å²) in [5, 5.41) is 0. The molecule has 18 heavy (non-hydrogen) atoms. The van der Waals surface area contributed by atoms with E-state index >= 15 is 0 Å². The number of primary amides is 2. The minimum Gasteiger partial charge on any atom is -0.370 e. The van der Waals surface area contributed by atoms with E-state index in [1.54, 1.807) is 0 Å². The highest BCUT2D eigenvalue weighted by Gasteiger charge is 2.27. The standard InChI is InChI=1S/C10H18N4O4/c11-5(1-3-7(13)15)9(17)10(18)6(12)2-4-8(14)16/h5-6H,1-4,11-12H2,(H2,13,15)(H2,14,16)/t5-,6-/m0/s1. The molecule has 8 heteroatoms. The second-order valence-corrected chi connectivity index (χ2v) is 3.95. The molecule has 0 aliphatic carbocycles. The Hall–Kier alpha value is -1.80. The van der Waals surface area contributed by atoms with Crippen LogP contribution in [0, 0.1) is 0 Å². The van der Waals surface area contributed by atoms with Gasteiger partial charge in [-0.15, -0.1) is 0 Å². The number of Topliss-reactive ketones (excluding diaryl/α,β-unsaturated/α-hetero) is 2. The summed E-state index contributed by atoms with van der Waals surface area (Å²) in [7, 11) is 0. The van der Waals surface area contributed by atoms with E-state index in [1.807, 2.05) is 0 Å². The van der Waals surface area contributed by atoms with Crippen LogP contribution in [0.2, 0.25) is 0 Å². The lowest BCUT2D eigenvalue weighted by molar-refractivity contribution is -0.138. The van der Waals surface area contributed by atoms with Gasteiger partial charge in [0.15, 0.2) is 0 Å². The van der Waals surface area contributed by atoms with Crippen LogP contribution in [0.4, 0.5) is 0 Å². The third-order valence-corrected chi connectivity index (χ3v) is 2.32. The fourth-order valence-corrected chi connectivity index (χ4v) is 1.22. The number of rotatable bonds is 9. The van der Waals surface area contributed by atoms with Crippen molar-refractivity contribution < 1.29 is 19.2 Å². The van der Waals surface area contributed by atoms with Gasteiger partial charge in [0.05, 0.1) is 12.1 Å². The first-order chi connectivity index (χ1) is 8.25. The largest absolute Gasteiger partial charge is 0.370 e. The second-order valence-electron chi connectivity index (χ2n) is 3.95. The van der Waals surface area contributed by atoms with E-state index in [1.165, 1.54) is 0 Å². The zero-order valence-corrected chi connectivity index (χ0v) is 9.93. The molecule has 0 saturated heterocycles. The van der Waals surface area contributed by atoms with Crippen molar-refractivity contribution >= 4 is 23.4 Å². The van der Waals surface area contributed by atoms with Crippen molar-refractivity contribution in [1.29, 1.82) is 0 Å². The van der Waals surface area contributed by atoms with E-state index in [-0.39, 0.29) is 25.7 Å². The SMILES string of the molecule is NC(=O)CC[C@H](N)C(=O)C(=O)[C@@H](N)CCC(N)=O. The fraction of sp³-hybridized carbons (Fsp3) is 0.600. The predicted molar refractivity (Wildman–Crippen MR) is 62.8 cm³/mol. The summed E-state index contributed by atoms with van der Waals surface area (Å²) >= 11 is 0. The van der Waals surface area contributed by atoms with Crippen LogP contribution in [0.5, 0.6) is 0 Å². The van der Waals surface area contributed by atoms with Crippen LogP contribution in [0.3, 0.4) is 0 Å².